The highest BCUT2D eigenvalue weighted by Crippen LogP contribution is 2.50. The second kappa shape index (κ2) is 6.03. The molecule has 1 aromatic heterocycles. The van der Waals surface area contributed by atoms with Crippen molar-refractivity contribution >= 4 is 6.09 Å². The van der Waals surface area contributed by atoms with Crippen LogP contribution in [0.3, 0.4) is 0 Å². The van der Waals surface area contributed by atoms with Gasteiger partial charge in [0.25, 0.3) is 0 Å². The zero-order valence-corrected chi connectivity index (χ0v) is 15.3. The van der Waals surface area contributed by atoms with Crippen LogP contribution in [0, 0.1) is 12.3 Å². The molecule has 0 bridgehead atoms. The zero-order valence-electron chi connectivity index (χ0n) is 15.3. The number of hydrogen-bond donors (Lipinski definition) is 0. The van der Waals surface area contributed by atoms with Crippen LogP contribution in [0.25, 0.3) is 0 Å². The molecule has 2 aliphatic rings. The number of hydrogen-bond acceptors (Lipinski definition) is 4. The molecule has 1 aliphatic heterocycles. The summed E-state index contributed by atoms with van der Waals surface area (Å²) in [6.07, 6.45) is -3.29. The Balaban J connectivity index is 1.48. The summed E-state index contributed by atoms with van der Waals surface area (Å²) < 4.78 is 49.3. The molecule has 3 rings (SSSR count). The second-order valence-corrected chi connectivity index (χ2v) is 8.26. The van der Waals surface area contributed by atoms with Crippen LogP contribution in [-0.4, -0.2) is 40.8 Å². The number of carbonyl (C=O) groups excluding carboxylic acids is 1. The molecule has 1 saturated carbocycles. The number of carbonyl (C=O) groups is 1. The molecule has 0 unspecified atom stereocenters. The van der Waals surface area contributed by atoms with E-state index in [1.165, 1.54) is 13.0 Å². The van der Waals surface area contributed by atoms with Crippen molar-refractivity contribution in [2.75, 3.05) is 13.1 Å². The van der Waals surface area contributed by atoms with Crippen LogP contribution >= 0.6 is 0 Å². The summed E-state index contributed by atoms with van der Waals surface area (Å²) in [5, 5.41) is 0. The van der Waals surface area contributed by atoms with Gasteiger partial charge < -0.3 is 14.4 Å². The van der Waals surface area contributed by atoms with E-state index >= 15 is 0 Å². The molecule has 1 amide bonds. The van der Waals surface area contributed by atoms with Crippen molar-refractivity contribution < 1.29 is 27.4 Å². The molecule has 2 fully saturated rings. The average Bonchev–Trinajstić information content (AvgIpc) is 2.36. The van der Waals surface area contributed by atoms with Crippen molar-refractivity contribution in [3.8, 4) is 5.88 Å². The van der Waals surface area contributed by atoms with Crippen molar-refractivity contribution in [1.82, 2.24) is 9.88 Å². The van der Waals surface area contributed by atoms with Gasteiger partial charge in [0.05, 0.1) is 11.3 Å². The Morgan fingerprint density at radius 2 is 1.85 bits per heavy atom. The Hall–Kier alpha value is -1.99. The first-order valence-corrected chi connectivity index (χ1v) is 8.56. The van der Waals surface area contributed by atoms with E-state index in [4.69, 9.17) is 9.47 Å². The smallest absolute Gasteiger partial charge is 0.418 e. The summed E-state index contributed by atoms with van der Waals surface area (Å²) in [6.45, 7) is 8.05. The highest BCUT2D eigenvalue weighted by Gasteiger charge is 2.55. The Labute approximate surface area is 150 Å². The number of rotatable bonds is 2. The lowest BCUT2D eigenvalue weighted by Crippen LogP contribution is -2.66. The molecule has 0 aromatic carbocycles. The van der Waals surface area contributed by atoms with E-state index in [-0.39, 0.29) is 29.2 Å². The molecule has 0 radical (unpaired) electrons. The van der Waals surface area contributed by atoms with Gasteiger partial charge in [0.15, 0.2) is 0 Å². The summed E-state index contributed by atoms with van der Waals surface area (Å²) in [4.78, 5) is 17.5. The number of alkyl halides is 3. The molecule has 5 nitrogen and oxygen atoms in total. The Morgan fingerprint density at radius 1 is 1.23 bits per heavy atom. The van der Waals surface area contributed by atoms with Gasteiger partial charge in [0.1, 0.15) is 11.7 Å². The van der Waals surface area contributed by atoms with Gasteiger partial charge in [-0.15, -0.1) is 0 Å². The van der Waals surface area contributed by atoms with Gasteiger partial charge in [-0.3, -0.25) is 0 Å². The van der Waals surface area contributed by atoms with Crippen LogP contribution in [0.5, 0.6) is 5.88 Å². The molecule has 2 heterocycles. The molecule has 1 aliphatic carbocycles. The maximum atomic E-state index is 12.8. The van der Waals surface area contributed by atoms with Crippen LogP contribution in [0.4, 0.5) is 18.0 Å². The standard InChI is InChI=1S/C18H23F3N2O3/c1-11-13(18(19,20)21)5-6-14(22-11)25-12-7-17(8-12)9-23(10-17)15(24)26-16(2,3)4/h5-6,12H,7-10H2,1-4H3. The third kappa shape index (κ3) is 3.88. The van der Waals surface area contributed by atoms with Crippen LogP contribution in [0.1, 0.15) is 44.9 Å². The second-order valence-electron chi connectivity index (χ2n) is 8.26. The van der Waals surface area contributed by atoms with E-state index in [0.29, 0.717) is 13.1 Å². The van der Waals surface area contributed by atoms with Gasteiger partial charge in [-0.05, 0) is 46.6 Å². The maximum absolute atomic E-state index is 12.8. The quantitative estimate of drug-likeness (QED) is 0.781. The van der Waals surface area contributed by atoms with Gasteiger partial charge in [-0.1, -0.05) is 0 Å². The first kappa shape index (κ1) is 18.8. The largest absolute Gasteiger partial charge is 0.474 e. The summed E-state index contributed by atoms with van der Waals surface area (Å²) in [6, 6.07) is 2.26. The van der Waals surface area contributed by atoms with E-state index in [2.05, 4.69) is 4.98 Å². The first-order chi connectivity index (χ1) is 11.9. The van der Waals surface area contributed by atoms with Crippen molar-refractivity contribution in [2.45, 2.75) is 58.4 Å². The predicted octanol–water partition coefficient (Wildman–Crippen LogP) is 4.19. The Bertz CT molecular complexity index is 699. The van der Waals surface area contributed by atoms with E-state index in [1.54, 1.807) is 4.90 Å². The van der Waals surface area contributed by atoms with E-state index < -0.39 is 17.3 Å². The third-order valence-corrected chi connectivity index (χ3v) is 4.68. The topological polar surface area (TPSA) is 51.7 Å². The maximum Gasteiger partial charge on any atom is 0.418 e. The van der Waals surface area contributed by atoms with Gasteiger partial charge in [-0.25, -0.2) is 9.78 Å². The normalized spacial score (nSPS) is 19.7. The van der Waals surface area contributed by atoms with Crippen LogP contribution in [0.2, 0.25) is 0 Å². The molecule has 0 atom stereocenters. The molecule has 1 saturated heterocycles. The number of pyridine rings is 1. The van der Waals surface area contributed by atoms with Crippen LogP contribution < -0.4 is 4.74 Å². The Kier molecular flexibility index (Phi) is 4.36. The van der Waals surface area contributed by atoms with Gasteiger partial charge in [-0.2, -0.15) is 13.2 Å². The molecule has 8 heteroatoms. The van der Waals surface area contributed by atoms with Crippen molar-refractivity contribution in [3.63, 3.8) is 0 Å². The fourth-order valence-electron chi connectivity index (χ4n) is 3.54. The lowest BCUT2D eigenvalue weighted by Gasteiger charge is -2.57. The number of likely N-dealkylation sites (tertiary alicyclic amines) is 1. The first-order valence-electron chi connectivity index (χ1n) is 8.56. The number of aromatic nitrogens is 1. The monoisotopic (exact) mass is 372 g/mol. The summed E-state index contributed by atoms with van der Waals surface area (Å²) in [5.74, 6) is 0.207. The fourth-order valence-corrected chi connectivity index (χ4v) is 3.54. The minimum atomic E-state index is -4.41. The molecular weight excluding hydrogens is 349 g/mol. The summed E-state index contributed by atoms with van der Waals surface area (Å²) in [5.41, 5.74) is -1.31. The zero-order chi connectivity index (χ0) is 19.3. The number of ether oxygens (including phenoxy) is 2. The summed E-state index contributed by atoms with van der Waals surface area (Å²) in [7, 11) is 0. The van der Waals surface area contributed by atoms with Crippen LogP contribution in [0.15, 0.2) is 12.1 Å². The molecule has 1 aromatic rings. The van der Waals surface area contributed by atoms with Gasteiger partial charge in [0, 0.05) is 24.6 Å². The van der Waals surface area contributed by atoms with Crippen molar-refractivity contribution in [1.29, 1.82) is 0 Å². The predicted molar refractivity (Wildman–Crippen MR) is 87.9 cm³/mol. The van der Waals surface area contributed by atoms with Crippen molar-refractivity contribution in [3.05, 3.63) is 23.4 Å². The summed E-state index contributed by atoms with van der Waals surface area (Å²) >= 11 is 0. The Morgan fingerprint density at radius 3 is 2.35 bits per heavy atom. The SMILES string of the molecule is Cc1nc(OC2CC3(C2)CN(C(=O)OC(C)(C)C)C3)ccc1C(F)(F)F. The van der Waals surface area contributed by atoms with Crippen molar-refractivity contribution in [2.24, 2.45) is 5.41 Å². The molecule has 1 spiro atoms. The number of amides is 1. The molecule has 26 heavy (non-hydrogen) atoms. The highest BCUT2D eigenvalue weighted by atomic mass is 19.4. The lowest BCUT2D eigenvalue weighted by atomic mass is 9.62. The number of nitrogens with zero attached hydrogens (tertiary/aromatic N) is 2. The van der Waals surface area contributed by atoms with E-state index in [1.807, 2.05) is 20.8 Å². The minimum absolute atomic E-state index is 0.0442. The minimum Gasteiger partial charge on any atom is -0.474 e. The molecular formula is C18H23F3N2O3. The third-order valence-electron chi connectivity index (χ3n) is 4.68. The van der Waals surface area contributed by atoms with Gasteiger partial charge >= 0.3 is 12.3 Å². The lowest BCUT2D eigenvalue weighted by molar-refractivity contribution is -0.138. The molecule has 0 N–H and O–H groups in total. The van der Waals surface area contributed by atoms with Crippen LogP contribution in [-0.2, 0) is 10.9 Å². The van der Waals surface area contributed by atoms with Gasteiger partial charge in [0.2, 0.25) is 5.88 Å². The van der Waals surface area contributed by atoms with E-state index in [0.717, 1.165) is 18.9 Å². The number of halogens is 3. The van der Waals surface area contributed by atoms with E-state index in [9.17, 15) is 18.0 Å². The highest BCUT2D eigenvalue weighted by molar-refractivity contribution is 5.69. The fraction of sp³-hybridized carbons (Fsp3) is 0.667. The average molecular weight is 372 g/mol. The molecule has 144 valence electrons. The number of aryl methyl sites for hydroxylation is 1.